The topological polar surface area (TPSA) is 35.5 Å². The Labute approximate surface area is 139 Å². The minimum atomic E-state index is -0.326. The predicted molar refractivity (Wildman–Crippen MR) is 96.8 cm³/mol. The van der Waals surface area contributed by atoms with Gasteiger partial charge in [0.25, 0.3) is 0 Å². The third kappa shape index (κ3) is 2.26. The number of benzene rings is 4. The van der Waals surface area contributed by atoms with Crippen molar-refractivity contribution >= 4 is 38.3 Å². The molecule has 24 heavy (non-hydrogen) atoms. The lowest BCUT2D eigenvalue weighted by Gasteiger charge is -2.13. The zero-order valence-electron chi connectivity index (χ0n) is 13.5. The summed E-state index contributed by atoms with van der Waals surface area (Å²) in [5.41, 5.74) is 0. The molecule has 0 N–H and O–H groups in total. The van der Waals surface area contributed by atoms with Crippen LogP contribution in [-0.4, -0.2) is 13.1 Å². The average Bonchev–Trinajstić information content (AvgIpc) is 2.60. The van der Waals surface area contributed by atoms with E-state index in [4.69, 9.17) is 9.47 Å². The molecule has 0 fully saturated rings. The van der Waals surface area contributed by atoms with E-state index < -0.39 is 0 Å². The monoisotopic (exact) mass is 316 g/mol. The normalized spacial score (nSPS) is 11.1. The largest absolute Gasteiger partial charge is 0.497 e. The van der Waals surface area contributed by atoms with Crippen molar-refractivity contribution in [3.63, 3.8) is 0 Å². The van der Waals surface area contributed by atoms with Gasteiger partial charge in [-0.1, -0.05) is 30.3 Å². The van der Waals surface area contributed by atoms with Crippen molar-refractivity contribution in [2.24, 2.45) is 0 Å². The number of rotatable bonds is 2. The molecule has 0 radical (unpaired) electrons. The summed E-state index contributed by atoms with van der Waals surface area (Å²) in [6, 6.07) is 20.2. The molecule has 3 nitrogen and oxygen atoms in total. The molecule has 0 aliphatic heterocycles. The molecule has 0 atom stereocenters. The molecule has 0 aromatic heterocycles. The SMILES string of the molecule is COc1ccc2c(OC(C)=O)c3ccc4ccccc4c3cc2c1. The minimum Gasteiger partial charge on any atom is -0.497 e. The summed E-state index contributed by atoms with van der Waals surface area (Å²) >= 11 is 0. The highest BCUT2D eigenvalue weighted by Gasteiger charge is 2.13. The standard InChI is InChI=1S/C21H16O3/c1-13(22)24-21-18-10-8-16(23-2)11-15(18)12-20-17-6-4-3-5-14(17)7-9-19(20)21/h3-12H,1-2H3. The predicted octanol–water partition coefficient (Wildman–Crippen LogP) is 5.08. The van der Waals surface area contributed by atoms with Gasteiger partial charge in [-0.15, -0.1) is 0 Å². The highest BCUT2D eigenvalue weighted by atomic mass is 16.5. The molecule has 0 aliphatic rings. The molecule has 4 rings (SSSR count). The summed E-state index contributed by atoms with van der Waals surface area (Å²) in [6.45, 7) is 1.43. The fraction of sp³-hybridized carbons (Fsp3) is 0.0952. The third-order valence-electron chi connectivity index (χ3n) is 4.26. The Kier molecular flexibility index (Phi) is 3.35. The van der Waals surface area contributed by atoms with Crippen LogP contribution in [0.15, 0.2) is 60.7 Å². The van der Waals surface area contributed by atoms with Gasteiger partial charge in [-0.3, -0.25) is 4.79 Å². The summed E-state index contributed by atoms with van der Waals surface area (Å²) in [5, 5.41) is 6.16. The van der Waals surface area contributed by atoms with Gasteiger partial charge in [-0.2, -0.15) is 0 Å². The number of hydrogen-bond acceptors (Lipinski definition) is 3. The van der Waals surface area contributed by atoms with E-state index in [2.05, 4.69) is 24.3 Å². The van der Waals surface area contributed by atoms with Crippen molar-refractivity contribution in [3.8, 4) is 11.5 Å². The molecule has 3 heteroatoms. The van der Waals surface area contributed by atoms with Crippen LogP contribution in [0.3, 0.4) is 0 Å². The van der Waals surface area contributed by atoms with Crippen LogP contribution >= 0.6 is 0 Å². The van der Waals surface area contributed by atoms with Gasteiger partial charge in [-0.05, 0) is 51.9 Å². The van der Waals surface area contributed by atoms with Crippen LogP contribution in [0.2, 0.25) is 0 Å². The van der Waals surface area contributed by atoms with Crippen molar-refractivity contribution in [1.29, 1.82) is 0 Å². The zero-order valence-corrected chi connectivity index (χ0v) is 13.5. The molecule has 4 aromatic carbocycles. The van der Waals surface area contributed by atoms with Gasteiger partial charge in [0, 0.05) is 17.7 Å². The van der Waals surface area contributed by atoms with Gasteiger partial charge < -0.3 is 9.47 Å². The van der Waals surface area contributed by atoms with E-state index in [0.717, 1.165) is 38.1 Å². The number of hydrogen-bond donors (Lipinski definition) is 0. The maximum atomic E-state index is 11.6. The lowest BCUT2D eigenvalue weighted by molar-refractivity contribution is -0.131. The number of carbonyl (C=O) groups is 1. The smallest absolute Gasteiger partial charge is 0.308 e. The van der Waals surface area contributed by atoms with Gasteiger partial charge in [-0.25, -0.2) is 0 Å². The number of carbonyl (C=O) groups excluding carboxylic acids is 1. The van der Waals surface area contributed by atoms with E-state index in [1.54, 1.807) is 7.11 Å². The van der Waals surface area contributed by atoms with Crippen LogP contribution in [0.1, 0.15) is 6.92 Å². The Morgan fingerprint density at radius 1 is 0.792 bits per heavy atom. The van der Waals surface area contributed by atoms with Crippen LogP contribution in [0.25, 0.3) is 32.3 Å². The molecule has 0 saturated heterocycles. The highest BCUT2D eigenvalue weighted by molar-refractivity contribution is 6.16. The molecular formula is C21H16O3. The third-order valence-corrected chi connectivity index (χ3v) is 4.26. The Hall–Kier alpha value is -3.07. The molecule has 0 saturated carbocycles. The van der Waals surface area contributed by atoms with Crippen LogP contribution < -0.4 is 9.47 Å². The molecule has 0 amide bonds. The van der Waals surface area contributed by atoms with Crippen molar-refractivity contribution < 1.29 is 14.3 Å². The Morgan fingerprint density at radius 2 is 1.58 bits per heavy atom. The highest BCUT2D eigenvalue weighted by Crippen LogP contribution is 2.39. The molecule has 0 bridgehead atoms. The summed E-state index contributed by atoms with van der Waals surface area (Å²) < 4.78 is 10.9. The summed E-state index contributed by atoms with van der Waals surface area (Å²) in [6.07, 6.45) is 0. The van der Waals surface area contributed by atoms with Gasteiger partial charge in [0.05, 0.1) is 7.11 Å². The van der Waals surface area contributed by atoms with E-state index in [0.29, 0.717) is 5.75 Å². The maximum Gasteiger partial charge on any atom is 0.308 e. The van der Waals surface area contributed by atoms with E-state index in [1.165, 1.54) is 6.92 Å². The van der Waals surface area contributed by atoms with Crippen LogP contribution in [0.4, 0.5) is 0 Å². The van der Waals surface area contributed by atoms with Crippen LogP contribution in [0, 0.1) is 0 Å². The number of methoxy groups -OCH3 is 1. The minimum absolute atomic E-state index is 0.326. The van der Waals surface area contributed by atoms with Crippen molar-refractivity contribution in [3.05, 3.63) is 60.7 Å². The van der Waals surface area contributed by atoms with Crippen molar-refractivity contribution in [1.82, 2.24) is 0 Å². The second kappa shape index (κ2) is 5.53. The van der Waals surface area contributed by atoms with E-state index in [9.17, 15) is 4.79 Å². The van der Waals surface area contributed by atoms with Crippen molar-refractivity contribution in [2.75, 3.05) is 7.11 Å². The fourth-order valence-electron chi connectivity index (χ4n) is 3.20. The average molecular weight is 316 g/mol. The fourth-order valence-corrected chi connectivity index (χ4v) is 3.20. The zero-order chi connectivity index (χ0) is 16.7. The first-order chi connectivity index (χ1) is 11.7. The van der Waals surface area contributed by atoms with Gasteiger partial charge >= 0.3 is 5.97 Å². The quantitative estimate of drug-likeness (QED) is 0.224. The molecule has 0 unspecified atom stereocenters. The lowest BCUT2D eigenvalue weighted by Crippen LogP contribution is -2.02. The maximum absolute atomic E-state index is 11.6. The van der Waals surface area contributed by atoms with Gasteiger partial charge in [0.1, 0.15) is 11.5 Å². The number of ether oxygens (including phenoxy) is 2. The first-order valence-corrected chi connectivity index (χ1v) is 7.78. The van der Waals surface area contributed by atoms with Crippen LogP contribution in [-0.2, 0) is 4.79 Å². The Balaban J connectivity index is 2.19. The number of esters is 1. The van der Waals surface area contributed by atoms with Gasteiger partial charge in [0.15, 0.2) is 0 Å². The molecular weight excluding hydrogens is 300 g/mol. The number of fused-ring (bicyclic) bond motifs is 4. The Morgan fingerprint density at radius 3 is 2.38 bits per heavy atom. The van der Waals surface area contributed by atoms with E-state index in [-0.39, 0.29) is 5.97 Å². The molecule has 4 aromatic rings. The summed E-state index contributed by atoms with van der Waals surface area (Å²) in [5.74, 6) is 1.05. The first-order valence-electron chi connectivity index (χ1n) is 7.78. The van der Waals surface area contributed by atoms with Gasteiger partial charge in [0.2, 0.25) is 0 Å². The summed E-state index contributed by atoms with van der Waals surface area (Å²) in [4.78, 5) is 11.6. The summed E-state index contributed by atoms with van der Waals surface area (Å²) in [7, 11) is 1.64. The molecule has 0 spiro atoms. The molecule has 0 aliphatic carbocycles. The van der Waals surface area contributed by atoms with E-state index in [1.807, 2.05) is 36.4 Å². The lowest BCUT2D eigenvalue weighted by atomic mass is 9.97. The second-order valence-electron chi connectivity index (χ2n) is 5.77. The second-order valence-corrected chi connectivity index (χ2v) is 5.77. The van der Waals surface area contributed by atoms with Crippen molar-refractivity contribution in [2.45, 2.75) is 6.92 Å². The Bertz CT molecular complexity index is 1100. The van der Waals surface area contributed by atoms with E-state index >= 15 is 0 Å². The molecule has 118 valence electrons. The van der Waals surface area contributed by atoms with Crippen LogP contribution in [0.5, 0.6) is 11.5 Å². The first kappa shape index (κ1) is 14.5. The molecule has 0 heterocycles.